The summed E-state index contributed by atoms with van der Waals surface area (Å²) in [5.41, 5.74) is 0.123. The molecule has 142 valence electrons. The van der Waals surface area contributed by atoms with Crippen molar-refractivity contribution in [1.29, 1.82) is 0 Å². The second-order valence-electron chi connectivity index (χ2n) is 5.60. The van der Waals surface area contributed by atoms with Crippen LogP contribution in [0.2, 0.25) is 0 Å². The second kappa shape index (κ2) is 7.31. The van der Waals surface area contributed by atoms with E-state index in [-0.39, 0.29) is 16.2 Å². The first-order valence-corrected chi connectivity index (χ1v) is 9.50. The Kier molecular flexibility index (Phi) is 5.08. The third kappa shape index (κ3) is 3.47. The Labute approximate surface area is 155 Å². The monoisotopic (exact) mass is 392 g/mol. The van der Waals surface area contributed by atoms with E-state index < -0.39 is 28.4 Å². The molecule has 0 amide bonds. The van der Waals surface area contributed by atoms with Gasteiger partial charge in [0, 0.05) is 12.6 Å². The Morgan fingerprint density at radius 1 is 1.26 bits per heavy atom. The molecule has 0 unspecified atom stereocenters. The van der Waals surface area contributed by atoms with E-state index in [1.807, 2.05) is 6.92 Å². The summed E-state index contributed by atoms with van der Waals surface area (Å²) >= 11 is 0. The number of methoxy groups -OCH3 is 1. The van der Waals surface area contributed by atoms with Gasteiger partial charge >= 0.3 is 5.97 Å². The molecule has 27 heavy (non-hydrogen) atoms. The molecule has 0 radical (unpaired) electrons. The molecule has 1 aromatic carbocycles. The van der Waals surface area contributed by atoms with Crippen LogP contribution in [0, 0.1) is 5.82 Å². The van der Waals surface area contributed by atoms with E-state index in [4.69, 9.17) is 0 Å². The van der Waals surface area contributed by atoms with Crippen LogP contribution in [0.5, 0.6) is 0 Å². The number of fused-ring (bicyclic) bond motifs is 1. The minimum absolute atomic E-state index is 0.00219. The van der Waals surface area contributed by atoms with Crippen molar-refractivity contribution < 1.29 is 22.3 Å². The maximum Gasteiger partial charge on any atom is 0.326 e. The summed E-state index contributed by atoms with van der Waals surface area (Å²) in [6, 6.07) is 7.87. The van der Waals surface area contributed by atoms with E-state index in [0.717, 1.165) is 17.5 Å². The number of halogens is 1. The predicted octanol–water partition coefficient (Wildman–Crippen LogP) is 1.80. The predicted molar refractivity (Wildman–Crippen MR) is 95.3 cm³/mol. The highest BCUT2D eigenvalue weighted by molar-refractivity contribution is 7.93. The molecule has 0 atom stereocenters. The van der Waals surface area contributed by atoms with Crippen molar-refractivity contribution >= 4 is 27.3 Å². The number of pyridine rings is 1. The highest BCUT2D eigenvalue weighted by Gasteiger charge is 2.30. The van der Waals surface area contributed by atoms with Crippen LogP contribution < -0.4 is 4.31 Å². The van der Waals surface area contributed by atoms with Crippen molar-refractivity contribution in [1.82, 2.24) is 14.6 Å². The van der Waals surface area contributed by atoms with Crippen LogP contribution in [0.25, 0.3) is 5.65 Å². The smallest absolute Gasteiger partial charge is 0.326 e. The third-order valence-electron chi connectivity index (χ3n) is 3.95. The molecular weight excluding hydrogens is 375 g/mol. The van der Waals surface area contributed by atoms with Gasteiger partial charge in [-0.1, -0.05) is 13.0 Å². The van der Waals surface area contributed by atoms with Gasteiger partial charge in [0.05, 0.1) is 12.8 Å². The normalized spacial score (nSPS) is 11.5. The number of esters is 1. The molecule has 0 spiro atoms. The number of aryl methyl sites for hydroxylation is 1. The van der Waals surface area contributed by atoms with Crippen LogP contribution in [0.3, 0.4) is 0 Å². The first-order chi connectivity index (χ1) is 12.9. The fourth-order valence-electron chi connectivity index (χ4n) is 2.63. The molecule has 0 aliphatic heterocycles. The van der Waals surface area contributed by atoms with Gasteiger partial charge in [0.1, 0.15) is 23.1 Å². The molecular formula is C17H17FN4O4S. The maximum absolute atomic E-state index is 13.7. The summed E-state index contributed by atoms with van der Waals surface area (Å²) in [4.78, 5) is 11.7. The van der Waals surface area contributed by atoms with Crippen molar-refractivity contribution in [3.63, 3.8) is 0 Å². The number of benzene rings is 1. The van der Waals surface area contributed by atoms with E-state index >= 15 is 0 Å². The Hall–Kier alpha value is -3.01. The minimum atomic E-state index is -4.26. The van der Waals surface area contributed by atoms with E-state index in [9.17, 15) is 17.6 Å². The summed E-state index contributed by atoms with van der Waals surface area (Å²) in [5, 5.41) is 7.96. The SMILES string of the molecule is CCc1nnc2c(S(=O)(=O)N(CC(=O)OC)c3cccc(F)c3)cccn12. The summed E-state index contributed by atoms with van der Waals surface area (Å²) in [5.74, 6) is -0.829. The molecule has 0 aliphatic rings. The Balaban J connectivity index is 2.19. The first kappa shape index (κ1) is 18.8. The van der Waals surface area contributed by atoms with E-state index in [1.165, 1.54) is 24.3 Å². The molecule has 10 heteroatoms. The number of rotatable bonds is 6. The molecule has 2 heterocycles. The summed E-state index contributed by atoms with van der Waals surface area (Å²) in [6.45, 7) is 1.26. The fourth-order valence-corrected chi connectivity index (χ4v) is 4.15. The van der Waals surface area contributed by atoms with Gasteiger partial charge in [-0.3, -0.25) is 13.5 Å². The van der Waals surface area contributed by atoms with Gasteiger partial charge in [0.25, 0.3) is 10.0 Å². The molecule has 3 rings (SSSR count). The second-order valence-corrected chi connectivity index (χ2v) is 7.43. The van der Waals surface area contributed by atoms with Gasteiger partial charge in [0.15, 0.2) is 5.65 Å². The zero-order chi connectivity index (χ0) is 19.6. The largest absolute Gasteiger partial charge is 0.468 e. The number of nitrogens with zero attached hydrogens (tertiary/aromatic N) is 4. The van der Waals surface area contributed by atoms with E-state index in [2.05, 4.69) is 14.9 Å². The van der Waals surface area contributed by atoms with Crippen molar-refractivity contribution in [2.24, 2.45) is 0 Å². The van der Waals surface area contributed by atoms with Crippen LogP contribution in [0.15, 0.2) is 47.5 Å². The van der Waals surface area contributed by atoms with Gasteiger partial charge in [-0.05, 0) is 30.3 Å². The lowest BCUT2D eigenvalue weighted by Crippen LogP contribution is -2.36. The van der Waals surface area contributed by atoms with Crippen molar-refractivity contribution in [2.45, 2.75) is 18.2 Å². The van der Waals surface area contributed by atoms with Crippen LogP contribution in [0.4, 0.5) is 10.1 Å². The van der Waals surface area contributed by atoms with Gasteiger partial charge in [0.2, 0.25) is 0 Å². The summed E-state index contributed by atoms with van der Waals surface area (Å²) in [6.07, 6.45) is 2.21. The van der Waals surface area contributed by atoms with Gasteiger partial charge in [-0.15, -0.1) is 10.2 Å². The summed E-state index contributed by atoms with van der Waals surface area (Å²) < 4.78 is 47.3. The quantitative estimate of drug-likeness (QED) is 0.594. The van der Waals surface area contributed by atoms with Crippen molar-refractivity contribution in [3.05, 3.63) is 54.2 Å². The van der Waals surface area contributed by atoms with E-state index in [1.54, 1.807) is 16.7 Å². The van der Waals surface area contributed by atoms with Crippen molar-refractivity contribution in [3.8, 4) is 0 Å². The molecule has 2 aromatic heterocycles. The molecule has 0 N–H and O–H groups in total. The summed E-state index contributed by atoms with van der Waals surface area (Å²) in [7, 11) is -3.11. The highest BCUT2D eigenvalue weighted by Crippen LogP contribution is 2.26. The number of anilines is 1. The lowest BCUT2D eigenvalue weighted by Gasteiger charge is -2.23. The van der Waals surface area contributed by atoms with Gasteiger partial charge in [-0.25, -0.2) is 12.8 Å². The lowest BCUT2D eigenvalue weighted by molar-refractivity contribution is -0.138. The standard InChI is InChI=1S/C17H17FN4O4S/c1-3-15-19-20-17-14(8-5-9-21(15)17)27(24,25)22(11-16(23)26-2)13-7-4-6-12(18)10-13/h4-10H,3,11H2,1-2H3. The Morgan fingerprint density at radius 2 is 2.04 bits per heavy atom. The van der Waals surface area contributed by atoms with Gasteiger partial charge in [-0.2, -0.15) is 0 Å². The number of carbonyl (C=O) groups excluding carboxylic acids is 1. The molecule has 8 nitrogen and oxygen atoms in total. The lowest BCUT2D eigenvalue weighted by atomic mass is 10.3. The fraction of sp³-hybridized carbons (Fsp3) is 0.235. The molecule has 0 fully saturated rings. The third-order valence-corrected chi connectivity index (χ3v) is 5.75. The van der Waals surface area contributed by atoms with Crippen LogP contribution >= 0.6 is 0 Å². The van der Waals surface area contributed by atoms with Crippen LogP contribution in [-0.4, -0.2) is 42.6 Å². The van der Waals surface area contributed by atoms with Crippen molar-refractivity contribution in [2.75, 3.05) is 18.0 Å². The average molecular weight is 392 g/mol. The highest BCUT2D eigenvalue weighted by atomic mass is 32.2. The molecule has 0 aliphatic carbocycles. The Bertz CT molecular complexity index is 1100. The van der Waals surface area contributed by atoms with Crippen LogP contribution in [0.1, 0.15) is 12.7 Å². The molecule has 0 saturated heterocycles. The van der Waals surface area contributed by atoms with Crippen LogP contribution in [-0.2, 0) is 26.0 Å². The first-order valence-electron chi connectivity index (χ1n) is 8.06. The average Bonchev–Trinajstić information content (AvgIpc) is 3.08. The number of hydrogen-bond donors (Lipinski definition) is 0. The molecule has 0 saturated carbocycles. The zero-order valence-electron chi connectivity index (χ0n) is 14.7. The zero-order valence-corrected chi connectivity index (χ0v) is 15.5. The Morgan fingerprint density at radius 3 is 2.70 bits per heavy atom. The van der Waals surface area contributed by atoms with E-state index in [0.29, 0.717) is 12.2 Å². The number of hydrogen-bond acceptors (Lipinski definition) is 6. The number of carbonyl (C=O) groups is 1. The topological polar surface area (TPSA) is 93.9 Å². The number of sulfonamides is 1. The van der Waals surface area contributed by atoms with Gasteiger partial charge < -0.3 is 4.74 Å². The molecule has 3 aromatic rings. The molecule has 0 bridgehead atoms. The minimum Gasteiger partial charge on any atom is -0.468 e. The maximum atomic E-state index is 13.7. The number of aromatic nitrogens is 3. The number of ether oxygens (including phenoxy) is 1.